The zero-order valence-electron chi connectivity index (χ0n) is 17.7. The van der Waals surface area contributed by atoms with E-state index in [0.717, 1.165) is 11.3 Å². The first-order valence-electron chi connectivity index (χ1n) is 9.66. The van der Waals surface area contributed by atoms with Crippen LogP contribution in [0.5, 0.6) is 5.75 Å². The number of thiophene rings is 1. The Bertz CT molecular complexity index is 1160. The third kappa shape index (κ3) is 5.27. The Morgan fingerprint density at radius 2 is 1.75 bits per heavy atom. The molecule has 2 aromatic carbocycles. The van der Waals surface area contributed by atoms with E-state index in [2.05, 4.69) is 10.6 Å². The van der Waals surface area contributed by atoms with Gasteiger partial charge in [0.05, 0.1) is 24.2 Å². The standard InChI is InChI=1S/C23H21ClN2O5S/c1-4-31-23(29)18-13(2)19(21(28)25-16-8-10-17(30-3)11-9-16)32-22(18)26-20(27)14-6-5-7-15(24)12-14/h5-12H,4H2,1-3H3,(H,25,28)(H,26,27). The van der Waals surface area contributed by atoms with Crippen LogP contribution in [0.4, 0.5) is 10.7 Å². The van der Waals surface area contributed by atoms with E-state index in [1.54, 1.807) is 63.4 Å². The molecule has 0 atom stereocenters. The van der Waals surface area contributed by atoms with Crippen LogP contribution in [-0.4, -0.2) is 31.5 Å². The Kier molecular flexibility index (Phi) is 7.50. The lowest BCUT2D eigenvalue weighted by molar-refractivity contribution is 0.0527. The van der Waals surface area contributed by atoms with Crippen LogP contribution in [0.15, 0.2) is 48.5 Å². The number of ether oxygens (including phenoxy) is 2. The highest BCUT2D eigenvalue weighted by atomic mass is 35.5. The first-order valence-corrected chi connectivity index (χ1v) is 10.9. The van der Waals surface area contributed by atoms with Gasteiger partial charge in [0.15, 0.2) is 0 Å². The minimum Gasteiger partial charge on any atom is -0.497 e. The number of carbonyl (C=O) groups is 3. The van der Waals surface area contributed by atoms with Crippen LogP contribution in [0.2, 0.25) is 5.02 Å². The van der Waals surface area contributed by atoms with Gasteiger partial charge in [-0.25, -0.2) is 4.79 Å². The highest BCUT2D eigenvalue weighted by Gasteiger charge is 2.27. The summed E-state index contributed by atoms with van der Waals surface area (Å²) in [6.07, 6.45) is 0. The highest BCUT2D eigenvalue weighted by Crippen LogP contribution is 2.35. The maximum Gasteiger partial charge on any atom is 0.341 e. The summed E-state index contributed by atoms with van der Waals surface area (Å²) in [4.78, 5) is 38.5. The van der Waals surface area contributed by atoms with E-state index in [9.17, 15) is 14.4 Å². The Hall–Kier alpha value is -3.36. The molecule has 0 aliphatic rings. The molecule has 0 radical (unpaired) electrons. The molecule has 0 fully saturated rings. The number of benzene rings is 2. The second-order valence-electron chi connectivity index (χ2n) is 6.63. The number of esters is 1. The molecule has 32 heavy (non-hydrogen) atoms. The molecule has 0 unspecified atom stereocenters. The first kappa shape index (κ1) is 23.3. The van der Waals surface area contributed by atoms with Gasteiger partial charge in [0, 0.05) is 16.3 Å². The summed E-state index contributed by atoms with van der Waals surface area (Å²) in [5.74, 6) is -0.829. The smallest absolute Gasteiger partial charge is 0.341 e. The maximum absolute atomic E-state index is 12.9. The van der Waals surface area contributed by atoms with Gasteiger partial charge >= 0.3 is 5.97 Å². The topological polar surface area (TPSA) is 93.7 Å². The lowest BCUT2D eigenvalue weighted by Gasteiger charge is -2.07. The SMILES string of the molecule is CCOC(=O)c1c(NC(=O)c2cccc(Cl)c2)sc(C(=O)Nc2ccc(OC)cc2)c1C. The van der Waals surface area contributed by atoms with Gasteiger partial charge in [0.1, 0.15) is 10.8 Å². The van der Waals surface area contributed by atoms with Crippen molar-refractivity contribution in [2.24, 2.45) is 0 Å². The molecular formula is C23H21ClN2O5S. The van der Waals surface area contributed by atoms with Crippen LogP contribution in [0.3, 0.4) is 0 Å². The zero-order chi connectivity index (χ0) is 23.3. The third-order valence-corrected chi connectivity index (χ3v) is 5.94. The van der Waals surface area contributed by atoms with Gasteiger partial charge in [-0.2, -0.15) is 0 Å². The van der Waals surface area contributed by atoms with Crippen LogP contribution in [-0.2, 0) is 4.74 Å². The van der Waals surface area contributed by atoms with Gasteiger partial charge in [-0.05, 0) is 61.9 Å². The number of hydrogen-bond donors (Lipinski definition) is 2. The first-order chi connectivity index (χ1) is 15.3. The summed E-state index contributed by atoms with van der Waals surface area (Å²) in [5.41, 5.74) is 1.45. The van der Waals surface area contributed by atoms with Crippen molar-refractivity contribution in [2.75, 3.05) is 24.4 Å². The fraction of sp³-hybridized carbons (Fsp3) is 0.174. The Morgan fingerprint density at radius 1 is 1.03 bits per heavy atom. The Morgan fingerprint density at radius 3 is 2.38 bits per heavy atom. The van der Waals surface area contributed by atoms with Crippen molar-refractivity contribution < 1.29 is 23.9 Å². The number of nitrogens with one attached hydrogen (secondary N) is 2. The Balaban J connectivity index is 1.92. The molecule has 1 aromatic heterocycles. The predicted octanol–water partition coefficient (Wildman–Crippen LogP) is 5.40. The van der Waals surface area contributed by atoms with Crippen LogP contribution in [0.1, 0.15) is 42.9 Å². The summed E-state index contributed by atoms with van der Waals surface area (Å²) in [5, 5.41) is 6.14. The monoisotopic (exact) mass is 472 g/mol. The normalized spacial score (nSPS) is 10.4. The fourth-order valence-electron chi connectivity index (χ4n) is 2.93. The van der Waals surface area contributed by atoms with Gasteiger partial charge in [-0.15, -0.1) is 11.3 Å². The summed E-state index contributed by atoms with van der Waals surface area (Å²) >= 11 is 6.97. The molecule has 3 aromatic rings. The van der Waals surface area contributed by atoms with Crippen LogP contribution in [0.25, 0.3) is 0 Å². The molecule has 7 nitrogen and oxygen atoms in total. The number of carbonyl (C=O) groups excluding carboxylic acids is 3. The van der Waals surface area contributed by atoms with E-state index >= 15 is 0 Å². The Labute approximate surface area is 194 Å². The molecule has 0 aliphatic carbocycles. The molecule has 0 aliphatic heterocycles. The number of anilines is 2. The van der Waals surface area contributed by atoms with E-state index < -0.39 is 17.8 Å². The van der Waals surface area contributed by atoms with E-state index in [4.69, 9.17) is 21.1 Å². The fourth-order valence-corrected chi connectivity index (χ4v) is 4.21. The van der Waals surface area contributed by atoms with Crippen molar-refractivity contribution in [3.63, 3.8) is 0 Å². The number of amides is 2. The van der Waals surface area contributed by atoms with Crippen molar-refractivity contribution in [1.82, 2.24) is 0 Å². The number of halogens is 1. The minimum absolute atomic E-state index is 0.145. The van der Waals surface area contributed by atoms with E-state index in [0.29, 0.717) is 27.6 Å². The molecule has 1 heterocycles. The number of rotatable bonds is 7. The minimum atomic E-state index is -0.619. The second-order valence-corrected chi connectivity index (χ2v) is 8.08. The predicted molar refractivity (Wildman–Crippen MR) is 125 cm³/mol. The zero-order valence-corrected chi connectivity index (χ0v) is 19.2. The van der Waals surface area contributed by atoms with Crippen molar-refractivity contribution in [1.29, 1.82) is 0 Å². The highest BCUT2D eigenvalue weighted by molar-refractivity contribution is 7.19. The van der Waals surface area contributed by atoms with Crippen LogP contribution in [0, 0.1) is 6.92 Å². The van der Waals surface area contributed by atoms with Crippen LogP contribution < -0.4 is 15.4 Å². The van der Waals surface area contributed by atoms with Gasteiger partial charge in [0.2, 0.25) is 0 Å². The average Bonchev–Trinajstić information content (AvgIpc) is 3.10. The molecule has 9 heteroatoms. The summed E-state index contributed by atoms with van der Waals surface area (Å²) in [6, 6.07) is 13.3. The lowest BCUT2D eigenvalue weighted by atomic mass is 10.1. The molecule has 0 saturated carbocycles. The van der Waals surface area contributed by atoms with E-state index in [1.807, 2.05) is 0 Å². The molecule has 2 N–H and O–H groups in total. The van der Waals surface area contributed by atoms with E-state index in [1.165, 1.54) is 6.07 Å². The van der Waals surface area contributed by atoms with E-state index in [-0.39, 0.29) is 22.0 Å². The summed E-state index contributed by atoms with van der Waals surface area (Å²) in [7, 11) is 1.55. The molecule has 3 rings (SSSR count). The third-order valence-electron chi connectivity index (χ3n) is 4.49. The quantitative estimate of drug-likeness (QED) is 0.449. The summed E-state index contributed by atoms with van der Waals surface area (Å²) < 4.78 is 10.3. The van der Waals surface area contributed by atoms with Gasteiger partial charge in [-0.1, -0.05) is 17.7 Å². The largest absolute Gasteiger partial charge is 0.497 e. The lowest BCUT2D eigenvalue weighted by Crippen LogP contribution is -2.15. The second kappa shape index (κ2) is 10.3. The van der Waals surface area contributed by atoms with Crippen LogP contribution >= 0.6 is 22.9 Å². The summed E-state index contributed by atoms with van der Waals surface area (Å²) in [6.45, 7) is 3.48. The van der Waals surface area contributed by atoms with Crippen molar-refractivity contribution in [3.8, 4) is 5.75 Å². The number of hydrogen-bond acceptors (Lipinski definition) is 6. The van der Waals surface area contributed by atoms with Gasteiger partial charge in [0.25, 0.3) is 11.8 Å². The number of methoxy groups -OCH3 is 1. The van der Waals surface area contributed by atoms with Gasteiger partial charge < -0.3 is 20.1 Å². The molecule has 2 amide bonds. The van der Waals surface area contributed by atoms with Crippen molar-refractivity contribution >= 4 is 51.4 Å². The maximum atomic E-state index is 12.9. The molecule has 0 spiro atoms. The van der Waals surface area contributed by atoms with Crippen molar-refractivity contribution in [2.45, 2.75) is 13.8 Å². The molecule has 0 bridgehead atoms. The van der Waals surface area contributed by atoms with Gasteiger partial charge in [-0.3, -0.25) is 9.59 Å². The molecule has 0 saturated heterocycles. The average molecular weight is 473 g/mol. The van der Waals surface area contributed by atoms with Crippen molar-refractivity contribution in [3.05, 3.63) is 75.1 Å². The molecule has 166 valence electrons. The molecular weight excluding hydrogens is 452 g/mol.